The summed E-state index contributed by atoms with van der Waals surface area (Å²) in [5.74, 6) is -0.773. The highest BCUT2D eigenvalue weighted by molar-refractivity contribution is 9.10. The maximum absolute atomic E-state index is 13.0. The minimum absolute atomic E-state index is 0.0648. The average molecular weight is 504 g/mol. The Morgan fingerprint density at radius 2 is 2.00 bits per heavy atom. The number of aliphatic carboxylic acids is 1. The first-order valence-electron chi connectivity index (χ1n) is 9.61. The molecule has 0 radical (unpaired) electrons. The van der Waals surface area contributed by atoms with Crippen molar-refractivity contribution < 1.29 is 29.0 Å². The van der Waals surface area contributed by atoms with Crippen molar-refractivity contribution in [3.63, 3.8) is 0 Å². The van der Waals surface area contributed by atoms with E-state index >= 15 is 0 Å². The summed E-state index contributed by atoms with van der Waals surface area (Å²) in [6, 6.07) is 3.33. The second-order valence-electron chi connectivity index (χ2n) is 8.47. The van der Waals surface area contributed by atoms with E-state index in [-0.39, 0.29) is 30.8 Å². The zero-order chi connectivity index (χ0) is 22.2. The van der Waals surface area contributed by atoms with Gasteiger partial charge in [0.1, 0.15) is 11.4 Å². The molecule has 0 aromatic heterocycles. The Morgan fingerprint density at radius 3 is 2.60 bits per heavy atom. The van der Waals surface area contributed by atoms with Crippen molar-refractivity contribution in [1.82, 2.24) is 4.90 Å². The molecule has 0 spiro atoms. The number of nitrogens with zero attached hydrogens (tertiary/aromatic N) is 2. The first kappa shape index (κ1) is 22.7. The summed E-state index contributed by atoms with van der Waals surface area (Å²) in [6.45, 7) is 6.74. The Hall–Kier alpha value is -2.00. The van der Waals surface area contributed by atoms with E-state index in [4.69, 9.17) is 26.2 Å². The third kappa shape index (κ3) is 5.18. The Bertz CT molecular complexity index is 866. The molecule has 1 atom stereocenters. The van der Waals surface area contributed by atoms with Crippen LogP contribution < -0.4 is 9.64 Å². The van der Waals surface area contributed by atoms with Crippen LogP contribution in [0.5, 0.6) is 5.75 Å². The van der Waals surface area contributed by atoms with Gasteiger partial charge in [-0.15, -0.1) is 0 Å². The SMILES string of the molecule is CC(C)(C)OC(=O)N1CC(CN2C(=O)C(CCC(=O)O)Oc3cc(Br)c(Cl)cc32)C1. The van der Waals surface area contributed by atoms with E-state index in [9.17, 15) is 14.4 Å². The predicted octanol–water partition coefficient (Wildman–Crippen LogP) is 3.93. The molecule has 0 saturated carbocycles. The van der Waals surface area contributed by atoms with Crippen molar-refractivity contribution in [2.45, 2.75) is 45.3 Å². The molecule has 1 unspecified atom stereocenters. The summed E-state index contributed by atoms with van der Waals surface area (Å²) in [6.07, 6.45) is -1.37. The largest absolute Gasteiger partial charge is 0.481 e. The Labute approximate surface area is 188 Å². The van der Waals surface area contributed by atoms with Crippen molar-refractivity contribution >= 4 is 51.2 Å². The Morgan fingerprint density at radius 1 is 1.33 bits per heavy atom. The molecule has 30 heavy (non-hydrogen) atoms. The van der Waals surface area contributed by atoms with Crippen LogP contribution >= 0.6 is 27.5 Å². The fourth-order valence-electron chi connectivity index (χ4n) is 3.36. The van der Waals surface area contributed by atoms with Gasteiger partial charge in [0, 0.05) is 42.9 Å². The second-order valence-corrected chi connectivity index (χ2v) is 9.73. The minimum Gasteiger partial charge on any atom is -0.481 e. The molecule has 1 saturated heterocycles. The molecule has 1 fully saturated rings. The van der Waals surface area contributed by atoms with E-state index in [0.717, 1.165) is 0 Å². The molecule has 2 aliphatic heterocycles. The number of rotatable bonds is 5. The highest BCUT2D eigenvalue weighted by Gasteiger charge is 2.40. The summed E-state index contributed by atoms with van der Waals surface area (Å²) in [5.41, 5.74) is -0.0292. The molecular weight excluding hydrogens is 480 g/mol. The van der Waals surface area contributed by atoms with Gasteiger partial charge >= 0.3 is 12.1 Å². The standard InChI is InChI=1S/C20H24BrClN2O6/c1-20(2,3)30-19(28)23-8-11(9-23)10-24-14-7-13(22)12(21)6-16(14)29-15(18(24)27)4-5-17(25)26/h6-7,11,15H,4-5,8-10H2,1-3H3,(H,25,26). The number of amides is 2. The molecule has 164 valence electrons. The summed E-state index contributed by atoms with van der Waals surface area (Å²) in [4.78, 5) is 39.3. The van der Waals surface area contributed by atoms with Crippen molar-refractivity contribution in [3.05, 3.63) is 21.6 Å². The Balaban J connectivity index is 1.73. The van der Waals surface area contributed by atoms with Crippen LogP contribution in [0, 0.1) is 5.92 Å². The number of hydrogen-bond acceptors (Lipinski definition) is 5. The number of hydrogen-bond donors (Lipinski definition) is 1. The topological polar surface area (TPSA) is 96.4 Å². The van der Waals surface area contributed by atoms with E-state index in [2.05, 4.69) is 15.9 Å². The molecule has 8 nitrogen and oxygen atoms in total. The fraction of sp³-hybridized carbons (Fsp3) is 0.550. The van der Waals surface area contributed by atoms with E-state index in [1.165, 1.54) is 0 Å². The number of benzene rings is 1. The lowest BCUT2D eigenvalue weighted by Gasteiger charge is -2.43. The van der Waals surface area contributed by atoms with Gasteiger partial charge in [0.15, 0.2) is 6.10 Å². The molecule has 2 heterocycles. The number of halogens is 2. The summed E-state index contributed by atoms with van der Waals surface area (Å²) >= 11 is 9.57. The maximum Gasteiger partial charge on any atom is 0.410 e. The molecule has 3 rings (SSSR count). The van der Waals surface area contributed by atoms with Crippen molar-refractivity contribution in [1.29, 1.82) is 0 Å². The highest BCUT2D eigenvalue weighted by Crippen LogP contribution is 2.41. The van der Waals surface area contributed by atoms with Gasteiger partial charge in [0.25, 0.3) is 5.91 Å². The third-order valence-corrected chi connectivity index (χ3v) is 5.97. The molecule has 1 aromatic rings. The lowest BCUT2D eigenvalue weighted by atomic mass is 9.98. The highest BCUT2D eigenvalue weighted by atomic mass is 79.9. The van der Waals surface area contributed by atoms with Crippen molar-refractivity contribution in [2.24, 2.45) is 5.92 Å². The van der Waals surface area contributed by atoms with Gasteiger partial charge in [-0.2, -0.15) is 0 Å². The average Bonchev–Trinajstić information content (AvgIpc) is 2.57. The van der Waals surface area contributed by atoms with Gasteiger partial charge in [-0.25, -0.2) is 4.79 Å². The number of fused-ring (bicyclic) bond motifs is 1. The lowest BCUT2D eigenvalue weighted by Crippen LogP contribution is -2.57. The number of carbonyl (C=O) groups excluding carboxylic acids is 2. The van der Waals surface area contributed by atoms with Gasteiger partial charge in [-0.3, -0.25) is 9.59 Å². The smallest absolute Gasteiger partial charge is 0.410 e. The molecular formula is C20H24BrClN2O6. The second kappa shape index (κ2) is 8.63. The molecule has 2 amide bonds. The van der Waals surface area contributed by atoms with Crippen LogP contribution in [0.2, 0.25) is 5.02 Å². The first-order chi connectivity index (χ1) is 13.9. The third-order valence-electron chi connectivity index (χ3n) is 4.77. The van der Waals surface area contributed by atoms with E-state index in [1.54, 1.807) is 21.9 Å². The first-order valence-corrected chi connectivity index (χ1v) is 10.8. The van der Waals surface area contributed by atoms with Crippen LogP contribution in [0.4, 0.5) is 10.5 Å². The minimum atomic E-state index is -0.993. The quantitative estimate of drug-likeness (QED) is 0.654. The number of ether oxygens (including phenoxy) is 2. The van der Waals surface area contributed by atoms with Crippen LogP contribution in [0.15, 0.2) is 16.6 Å². The lowest BCUT2D eigenvalue weighted by molar-refractivity contribution is -0.138. The molecule has 1 N–H and O–H groups in total. The van der Waals surface area contributed by atoms with Crippen molar-refractivity contribution in [2.75, 3.05) is 24.5 Å². The number of carboxylic acid groups (broad SMARTS) is 1. The number of carbonyl (C=O) groups is 3. The number of carboxylic acids is 1. The summed E-state index contributed by atoms with van der Waals surface area (Å²) in [5, 5.41) is 9.41. The van der Waals surface area contributed by atoms with Crippen LogP contribution in [0.3, 0.4) is 0 Å². The Kier molecular flexibility index (Phi) is 6.52. The molecule has 0 bridgehead atoms. The summed E-state index contributed by atoms with van der Waals surface area (Å²) < 4.78 is 11.8. The molecule has 10 heteroatoms. The zero-order valence-corrected chi connectivity index (χ0v) is 19.3. The van der Waals surface area contributed by atoms with E-state index < -0.39 is 17.7 Å². The molecule has 2 aliphatic rings. The van der Waals surface area contributed by atoms with E-state index in [0.29, 0.717) is 40.6 Å². The van der Waals surface area contributed by atoms with Gasteiger partial charge in [0.2, 0.25) is 0 Å². The van der Waals surface area contributed by atoms with Crippen LogP contribution in [-0.2, 0) is 14.3 Å². The number of anilines is 1. The monoisotopic (exact) mass is 502 g/mol. The molecule has 0 aliphatic carbocycles. The predicted molar refractivity (Wildman–Crippen MR) is 114 cm³/mol. The van der Waals surface area contributed by atoms with Crippen LogP contribution in [0.25, 0.3) is 0 Å². The van der Waals surface area contributed by atoms with Gasteiger partial charge in [0.05, 0.1) is 10.7 Å². The van der Waals surface area contributed by atoms with E-state index in [1.807, 2.05) is 20.8 Å². The molecule has 1 aromatic carbocycles. The van der Waals surface area contributed by atoms with Crippen LogP contribution in [0.1, 0.15) is 33.6 Å². The van der Waals surface area contributed by atoms with Crippen molar-refractivity contribution in [3.8, 4) is 5.75 Å². The van der Waals surface area contributed by atoms with Gasteiger partial charge in [-0.1, -0.05) is 11.6 Å². The van der Waals surface area contributed by atoms with Gasteiger partial charge in [-0.05, 0) is 48.8 Å². The zero-order valence-electron chi connectivity index (χ0n) is 17.0. The number of likely N-dealkylation sites (tertiary alicyclic amines) is 1. The van der Waals surface area contributed by atoms with Crippen LogP contribution in [-0.4, -0.2) is 59.3 Å². The summed E-state index contributed by atoms with van der Waals surface area (Å²) in [7, 11) is 0. The van der Waals surface area contributed by atoms with Gasteiger partial charge < -0.3 is 24.4 Å². The fourth-order valence-corrected chi connectivity index (χ4v) is 3.84. The normalized spacial score (nSPS) is 19.1. The maximum atomic E-state index is 13.0.